The Bertz CT molecular complexity index is 441. The van der Waals surface area contributed by atoms with Crippen molar-refractivity contribution in [2.75, 3.05) is 7.11 Å². The molecule has 1 amide bonds. The lowest BCUT2D eigenvalue weighted by Crippen LogP contribution is -2.43. The van der Waals surface area contributed by atoms with Gasteiger partial charge in [-0.2, -0.15) is 0 Å². The third kappa shape index (κ3) is 3.89. The molecule has 1 aromatic carbocycles. The van der Waals surface area contributed by atoms with Crippen LogP contribution in [0, 0.1) is 0 Å². The van der Waals surface area contributed by atoms with E-state index in [1.165, 1.54) is 19.3 Å². The second-order valence-corrected chi connectivity index (χ2v) is 5.25. The minimum absolute atomic E-state index is 0.0530. The van der Waals surface area contributed by atoms with Crippen LogP contribution in [-0.2, 0) is 4.79 Å². The first kappa shape index (κ1) is 14.7. The van der Waals surface area contributed by atoms with Crippen LogP contribution in [0.25, 0.3) is 0 Å². The first-order valence-electron chi connectivity index (χ1n) is 7.30. The van der Waals surface area contributed by atoms with Crippen LogP contribution >= 0.6 is 0 Å². The molecule has 0 aromatic heterocycles. The van der Waals surface area contributed by atoms with E-state index in [0.717, 1.165) is 12.8 Å². The Balaban J connectivity index is 1.89. The average Bonchev–Trinajstić information content (AvgIpc) is 2.48. The Morgan fingerprint density at radius 1 is 1.20 bits per heavy atom. The van der Waals surface area contributed by atoms with E-state index in [9.17, 15) is 4.79 Å². The minimum Gasteiger partial charge on any atom is -0.493 e. The Kier molecular flexibility index (Phi) is 5.27. The summed E-state index contributed by atoms with van der Waals surface area (Å²) >= 11 is 0. The summed E-state index contributed by atoms with van der Waals surface area (Å²) in [5, 5.41) is 3.07. The van der Waals surface area contributed by atoms with Gasteiger partial charge in [0.15, 0.2) is 17.6 Å². The Hall–Kier alpha value is -1.71. The van der Waals surface area contributed by atoms with E-state index in [2.05, 4.69) is 5.32 Å². The monoisotopic (exact) mass is 277 g/mol. The zero-order valence-corrected chi connectivity index (χ0v) is 12.2. The number of hydrogen-bond acceptors (Lipinski definition) is 3. The maximum atomic E-state index is 12.1. The van der Waals surface area contributed by atoms with Crippen molar-refractivity contribution in [1.29, 1.82) is 0 Å². The summed E-state index contributed by atoms with van der Waals surface area (Å²) in [6.45, 7) is 1.77. The van der Waals surface area contributed by atoms with Crippen LogP contribution in [0.2, 0.25) is 0 Å². The molecule has 20 heavy (non-hydrogen) atoms. The van der Waals surface area contributed by atoms with Crippen molar-refractivity contribution in [2.45, 2.75) is 51.2 Å². The molecule has 1 aliphatic carbocycles. The number of hydrogen-bond donors (Lipinski definition) is 1. The molecule has 0 spiro atoms. The normalized spacial score (nSPS) is 17.3. The number of benzene rings is 1. The van der Waals surface area contributed by atoms with E-state index in [1.54, 1.807) is 14.0 Å². The van der Waals surface area contributed by atoms with Crippen molar-refractivity contribution < 1.29 is 14.3 Å². The molecule has 1 fully saturated rings. The molecule has 1 saturated carbocycles. The van der Waals surface area contributed by atoms with E-state index in [-0.39, 0.29) is 5.91 Å². The number of ether oxygens (including phenoxy) is 2. The fraction of sp³-hybridized carbons (Fsp3) is 0.562. The third-order valence-electron chi connectivity index (χ3n) is 3.69. The molecule has 4 heteroatoms. The van der Waals surface area contributed by atoms with E-state index >= 15 is 0 Å². The van der Waals surface area contributed by atoms with E-state index in [1.807, 2.05) is 24.3 Å². The second kappa shape index (κ2) is 7.17. The first-order chi connectivity index (χ1) is 9.70. The first-order valence-corrected chi connectivity index (χ1v) is 7.30. The third-order valence-corrected chi connectivity index (χ3v) is 3.69. The predicted molar refractivity (Wildman–Crippen MR) is 78.1 cm³/mol. The van der Waals surface area contributed by atoms with Crippen LogP contribution in [0.15, 0.2) is 24.3 Å². The maximum absolute atomic E-state index is 12.1. The summed E-state index contributed by atoms with van der Waals surface area (Å²) in [5.74, 6) is 1.19. The number of carbonyl (C=O) groups excluding carboxylic acids is 1. The van der Waals surface area contributed by atoms with Crippen LogP contribution in [0.5, 0.6) is 11.5 Å². The smallest absolute Gasteiger partial charge is 0.260 e. The van der Waals surface area contributed by atoms with E-state index < -0.39 is 6.10 Å². The second-order valence-electron chi connectivity index (χ2n) is 5.25. The summed E-state index contributed by atoms with van der Waals surface area (Å²) in [6.07, 6.45) is 5.31. The van der Waals surface area contributed by atoms with Gasteiger partial charge < -0.3 is 14.8 Å². The molecule has 0 saturated heterocycles. The van der Waals surface area contributed by atoms with Crippen molar-refractivity contribution >= 4 is 5.91 Å². The predicted octanol–water partition coefficient (Wildman–Crippen LogP) is 2.91. The Morgan fingerprint density at radius 3 is 2.50 bits per heavy atom. The van der Waals surface area contributed by atoms with Crippen LogP contribution in [0.4, 0.5) is 0 Å². The maximum Gasteiger partial charge on any atom is 0.260 e. The lowest BCUT2D eigenvalue weighted by molar-refractivity contribution is -0.128. The van der Waals surface area contributed by atoms with Gasteiger partial charge in [0, 0.05) is 6.04 Å². The zero-order valence-electron chi connectivity index (χ0n) is 12.2. The van der Waals surface area contributed by atoms with E-state index in [4.69, 9.17) is 9.47 Å². The fourth-order valence-electron chi connectivity index (χ4n) is 2.53. The van der Waals surface area contributed by atoms with Crippen LogP contribution in [0.3, 0.4) is 0 Å². The number of amides is 1. The molecule has 0 bridgehead atoms. The number of rotatable bonds is 5. The largest absolute Gasteiger partial charge is 0.493 e. The van der Waals surface area contributed by atoms with Gasteiger partial charge >= 0.3 is 0 Å². The van der Waals surface area contributed by atoms with Crippen LogP contribution in [-0.4, -0.2) is 25.2 Å². The summed E-state index contributed by atoms with van der Waals surface area (Å²) < 4.78 is 10.9. The van der Waals surface area contributed by atoms with Crippen molar-refractivity contribution in [3.63, 3.8) is 0 Å². The molecule has 4 nitrogen and oxygen atoms in total. The molecule has 0 aliphatic heterocycles. The SMILES string of the molecule is COc1ccccc1O[C@@H](C)C(=O)NC1CCCCC1. The van der Waals surface area contributed by atoms with Gasteiger partial charge in [0.2, 0.25) is 0 Å². The molecule has 1 aliphatic rings. The minimum atomic E-state index is -0.520. The van der Waals surface area contributed by atoms with Crippen LogP contribution in [0.1, 0.15) is 39.0 Å². The van der Waals surface area contributed by atoms with Gasteiger partial charge in [0.25, 0.3) is 5.91 Å². The van der Waals surface area contributed by atoms with Gasteiger partial charge in [-0.1, -0.05) is 31.4 Å². The van der Waals surface area contributed by atoms with Gasteiger partial charge in [0.05, 0.1) is 7.11 Å². The highest BCUT2D eigenvalue weighted by Crippen LogP contribution is 2.27. The molecular weight excluding hydrogens is 254 g/mol. The lowest BCUT2D eigenvalue weighted by atomic mass is 9.95. The summed E-state index contributed by atoms with van der Waals surface area (Å²) in [4.78, 5) is 12.1. The Labute approximate surface area is 120 Å². The molecular formula is C16H23NO3. The molecule has 2 rings (SSSR count). The van der Waals surface area contributed by atoms with Gasteiger partial charge in [-0.15, -0.1) is 0 Å². The highest BCUT2D eigenvalue weighted by Gasteiger charge is 2.21. The topological polar surface area (TPSA) is 47.6 Å². The molecule has 0 heterocycles. The van der Waals surface area contributed by atoms with Gasteiger partial charge in [-0.05, 0) is 31.9 Å². The molecule has 1 atom stereocenters. The van der Waals surface area contributed by atoms with E-state index in [0.29, 0.717) is 17.5 Å². The van der Waals surface area contributed by atoms with Gasteiger partial charge in [-0.3, -0.25) is 4.79 Å². The number of carbonyl (C=O) groups is 1. The quantitative estimate of drug-likeness (QED) is 0.900. The van der Waals surface area contributed by atoms with Gasteiger partial charge in [0.1, 0.15) is 0 Å². The molecule has 1 N–H and O–H groups in total. The molecule has 1 aromatic rings. The average molecular weight is 277 g/mol. The molecule has 0 radical (unpaired) electrons. The lowest BCUT2D eigenvalue weighted by Gasteiger charge is -2.25. The highest BCUT2D eigenvalue weighted by atomic mass is 16.5. The summed E-state index contributed by atoms with van der Waals surface area (Å²) in [7, 11) is 1.59. The zero-order chi connectivity index (χ0) is 14.4. The summed E-state index contributed by atoms with van der Waals surface area (Å²) in [6, 6.07) is 7.67. The van der Waals surface area contributed by atoms with Crippen molar-refractivity contribution in [3.8, 4) is 11.5 Å². The number of methoxy groups -OCH3 is 1. The summed E-state index contributed by atoms with van der Waals surface area (Å²) in [5.41, 5.74) is 0. The van der Waals surface area contributed by atoms with Crippen molar-refractivity contribution in [1.82, 2.24) is 5.32 Å². The molecule has 110 valence electrons. The Morgan fingerprint density at radius 2 is 1.85 bits per heavy atom. The van der Waals surface area contributed by atoms with Crippen LogP contribution < -0.4 is 14.8 Å². The standard InChI is InChI=1S/C16H23NO3/c1-12(16(18)17-13-8-4-3-5-9-13)20-15-11-7-6-10-14(15)19-2/h6-7,10-13H,3-5,8-9H2,1-2H3,(H,17,18)/t12-/m0/s1. The molecule has 0 unspecified atom stereocenters. The highest BCUT2D eigenvalue weighted by molar-refractivity contribution is 5.81. The van der Waals surface area contributed by atoms with Crippen molar-refractivity contribution in [3.05, 3.63) is 24.3 Å². The number of para-hydroxylation sites is 2. The number of nitrogens with one attached hydrogen (secondary N) is 1. The fourth-order valence-corrected chi connectivity index (χ4v) is 2.53. The van der Waals surface area contributed by atoms with Gasteiger partial charge in [-0.25, -0.2) is 0 Å². The van der Waals surface area contributed by atoms with Crippen molar-refractivity contribution in [2.24, 2.45) is 0 Å².